The lowest BCUT2D eigenvalue weighted by molar-refractivity contribution is 0.593. The molecule has 0 bridgehead atoms. The summed E-state index contributed by atoms with van der Waals surface area (Å²) in [6.45, 7) is 1.84. The van der Waals surface area contributed by atoms with Crippen molar-refractivity contribution >= 4 is 15.1 Å². The molecule has 57 valence electrons. The summed E-state index contributed by atoms with van der Waals surface area (Å²) in [4.78, 5) is 9.03. The van der Waals surface area contributed by atoms with Gasteiger partial charge >= 0.3 is 0 Å². The number of hydrogen-bond donors (Lipinski definition) is 1. The molecule has 0 saturated heterocycles. The Bertz CT molecular complexity index is 229. The second kappa shape index (κ2) is 4.11. The zero-order valence-corrected chi connectivity index (χ0v) is 7.49. The van der Waals surface area contributed by atoms with E-state index in [9.17, 15) is 0 Å². The topological polar surface area (TPSA) is 20.2 Å². The lowest BCUT2D eigenvalue weighted by Gasteiger charge is -1.91. The van der Waals surface area contributed by atoms with E-state index in [-0.39, 0.29) is 0 Å². The van der Waals surface area contributed by atoms with Crippen LogP contribution in [0.5, 0.6) is 0 Å². The first-order valence-electron chi connectivity index (χ1n) is 3.54. The smallest absolute Gasteiger partial charge is 0.231 e. The lowest BCUT2D eigenvalue weighted by atomic mass is 10.2. The van der Waals surface area contributed by atoms with Crippen LogP contribution in [-0.2, 0) is 0 Å². The van der Waals surface area contributed by atoms with E-state index in [1.165, 1.54) is 0 Å². The molecule has 1 N–H and O–H groups in total. The first-order valence-corrected chi connectivity index (χ1v) is 5.57. The molecule has 0 aliphatic carbocycles. The van der Waals surface area contributed by atoms with E-state index in [0.29, 0.717) is 0 Å². The fourth-order valence-corrected chi connectivity index (χ4v) is 1.21. The van der Waals surface area contributed by atoms with E-state index in [1.54, 1.807) is 0 Å². The van der Waals surface area contributed by atoms with Gasteiger partial charge in [0.05, 0.1) is 0 Å². The Labute approximate surface area is 68.7 Å². The molecule has 0 heterocycles. The monoisotopic (exact) mass is 163 g/mol. The Morgan fingerprint density at radius 3 is 2.45 bits per heavy atom. The highest BCUT2D eigenvalue weighted by Crippen LogP contribution is 2.00. The van der Waals surface area contributed by atoms with Crippen molar-refractivity contribution in [2.75, 3.05) is 0 Å². The van der Waals surface area contributed by atoms with Gasteiger partial charge in [-0.25, -0.2) is 0 Å². The molecule has 0 aliphatic rings. The molecule has 0 amide bonds. The van der Waals surface area contributed by atoms with Crippen molar-refractivity contribution in [1.82, 2.24) is 0 Å². The van der Waals surface area contributed by atoms with Crippen molar-refractivity contribution in [1.29, 1.82) is 0 Å². The highest BCUT2D eigenvalue weighted by atomic mass is 28.3. The van der Waals surface area contributed by atoms with Crippen molar-refractivity contribution in [2.45, 2.75) is 6.55 Å². The molecule has 0 aliphatic heterocycles. The van der Waals surface area contributed by atoms with E-state index < -0.39 is 9.04 Å². The van der Waals surface area contributed by atoms with Crippen LogP contribution in [0.3, 0.4) is 0 Å². The van der Waals surface area contributed by atoms with Gasteiger partial charge in [0.15, 0.2) is 0 Å². The molecule has 1 radical (unpaired) electrons. The fourth-order valence-electron chi connectivity index (χ4n) is 0.781. The molecular weight excluding hydrogens is 152 g/mol. The number of benzene rings is 1. The van der Waals surface area contributed by atoms with Gasteiger partial charge in [0.1, 0.15) is 0 Å². The van der Waals surface area contributed by atoms with Crippen LogP contribution in [0.15, 0.2) is 36.0 Å². The van der Waals surface area contributed by atoms with Gasteiger partial charge in [-0.05, 0) is 12.1 Å². The van der Waals surface area contributed by atoms with Crippen LogP contribution in [0.1, 0.15) is 5.56 Å². The third-order valence-electron chi connectivity index (χ3n) is 1.32. The quantitative estimate of drug-likeness (QED) is 0.660. The lowest BCUT2D eigenvalue weighted by Crippen LogP contribution is -1.98. The molecule has 0 aromatic heterocycles. The van der Waals surface area contributed by atoms with Crippen LogP contribution in [0.4, 0.5) is 0 Å². The van der Waals surface area contributed by atoms with E-state index in [4.69, 9.17) is 4.80 Å². The molecule has 11 heavy (non-hydrogen) atoms. The van der Waals surface area contributed by atoms with Gasteiger partial charge in [0.2, 0.25) is 9.04 Å². The second-order valence-electron chi connectivity index (χ2n) is 2.39. The SMILES string of the molecule is C[Si](O)/C=C/c1ccccc1. The highest BCUT2D eigenvalue weighted by molar-refractivity contribution is 6.55. The maximum absolute atomic E-state index is 9.03. The van der Waals surface area contributed by atoms with Gasteiger partial charge in [0, 0.05) is 0 Å². The number of hydrogen-bond acceptors (Lipinski definition) is 1. The van der Waals surface area contributed by atoms with Crippen LogP contribution in [0.2, 0.25) is 6.55 Å². The molecule has 0 unspecified atom stereocenters. The van der Waals surface area contributed by atoms with Crippen LogP contribution in [0, 0.1) is 0 Å². The normalized spacial score (nSPS) is 11.2. The Morgan fingerprint density at radius 1 is 1.27 bits per heavy atom. The van der Waals surface area contributed by atoms with Crippen LogP contribution in [-0.4, -0.2) is 13.8 Å². The summed E-state index contributed by atoms with van der Waals surface area (Å²) in [5.41, 5.74) is 3.01. The third kappa shape index (κ3) is 3.16. The van der Waals surface area contributed by atoms with Crippen LogP contribution >= 0.6 is 0 Å². The molecule has 1 rings (SSSR count). The zero-order chi connectivity index (χ0) is 8.10. The molecule has 1 nitrogen and oxygen atoms in total. The predicted molar refractivity (Wildman–Crippen MR) is 49.3 cm³/mol. The largest absolute Gasteiger partial charge is 0.428 e. The van der Waals surface area contributed by atoms with E-state index in [2.05, 4.69) is 0 Å². The minimum absolute atomic E-state index is 1.14. The maximum Gasteiger partial charge on any atom is 0.231 e. The van der Waals surface area contributed by atoms with Crippen molar-refractivity contribution in [3.05, 3.63) is 41.6 Å². The van der Waals surface area contributed by atoms with Crippen molar-refractivity contribution < 1.29 is 4.80 Å². The fraction of sp³-hybridized carbons (Fsp3) is 0.111. The summed E-state index contributed by atoms with van der Waals surface area (Å²) < 4.78 is 0. The molecule has 1 aromatic carbocycles. The molecular formula is C9H11OSi. The average Bonchev–Trinajstić information content (AvgIpc) is 2.03. The Morgan fingerprint density at radius 2 is 1.91 bits per heavy atom. The molecule has 0 atom stereocenters. The summed E-state index contributed by atoms with van der Waals surface area (Å²) in [7, 11) is -1.21. The third-order valence-corrected chi connectivity index (χ3v) is 1.97. The Hall–Kier alpha value is -0.863. The maximum atomic E-state index is 9.03. The van der Waals surface area contributed by atoms with Gasteiger partial charge in [-0.1, -0.05) is 42.1 Å². The van der Waals surface area contributed by atoms with Crippen molar-refractivity contribution in [3.8, 4) is 0 Å². The van der Waals surface area contributed by atoms with Crippen molar-refractivity contribution in [2.24, 2.45) is 0 Å². The van der Waals surface area contributed by atoms with E-state index in [0.717, 1.165) is 5.56 Å². The summed E-state index contributed by atoms with van der Waals surface area (Å²) >= 11 is 0. The van der Waals surface area contributed by atoms with Gasteiger partial charge in [-0.3, -0.25) is 0 Å². The summed E-state index contributed by atoms with van der Waals surface area (Å²) in [6.07, 6.45) is 1.95. The Kier molecular flexibility index (Phi) is 3.07. The Balaban J connectivity index is 2.65. The van der Waals surface area contributed by atoms with Gasteiger partial charge in [-0.15, -0.1) is 0 Å². The predicted octanol–water partition coefficient (Wildman–Crippen LogP) is 1.85. The van der Waals surface area contributed by atoms with Gasteiger partial charge in [0.25, 0.3) is 0 Å². The van der Waals surface area contributed by atoms with Crippen LogP contribution < -0.4 is 0 Å². The molecule has 2 heteroatoms. The minimum Gasteiger partial charge on any atom is -0.428 e. The van der Waals surface area contributed by atoms with Gasteiger partial charge < -0.3 is 4.80 Å². The summed E-state index contributed by atoms with van der Waals surface area (Å²) in [6, 6.07) is 9.98. The molecule has 0 saturated carbocycles. The van der Waals surface area contributed by atoms with E-state index >= 15 is 0 Å². The first kappa shape index (κ1) is 8.24. The average molecular weight is 163 g/mol. The summed E-state index contributed by atoms with van der Waals surface area (Å²) in [5, 5.41) is 0. The summed E-state index contributed by atoms with van der Waals surface area (Å²) in [5.74, 6) is 0. The zero-order valence-electron chi connectivity index (χ0n) is 6.49. The molecule has 0 fully saturated rings. The van der Waals surface area contributed by atoms with Gasteiger partial charge in [-0.2, -0.15) is 0 Å². The van der Waals surface area contributed by atoms with Crippen LogP contribution in [0.25, 0.3) is 6.08 Å². The number of rotatable bonds is 2. The molecule has 0 spiro atoms. The highest BCUT2D eigenvalue weighted by Gasteiger charge is 1.89. The van der Waals surface area contributed by atoms with Crippen molar-refractivity contribution in [3.63, 3.8) is 0 Å². The minimum atomic E-state index is -1.21. The van der Waals surface area contributed by atoms with E-state index in [1.807, 2.05) is 48.7 Å². The standard InChI is InChI=1S/C9H11OSi/c1-11(10)8-7-9-5-3-2-4-6-9/h2-8,10H,1H3/b8-7+. The second-order valence-corrected chi connectivity index (χ2v) is 4.00. The first-order chi connectivity index (χ1) is 5.29. The molecule has 1 aromatic rings.